The van der Waals surface area contributed by atoms with Crippen molar-refractivity contribution in [3.8, 4) is 5.75 Å². The first-order valence-electron chi connectivity index (χ1n) is 9.99. The molecular formula is C24H25ClN2O4S. The molecule has 0 heterocycles. The van der Waals surface area contributed by atoms with Crippen molar-refractivity contribution in [1.82, 2.24) is 5.32 Å². The Morgan fingerprint density at radius 1 is 1.06 bits per heavy atom. The van der Waals surface area contributed by atoms with Crippen LogP contribution in [-0.2, 0) is 14.8 Å². The standard InChI is InChI=1S/C24H25ClN2O4S/c1-17-15-20(25)11-14-23(17)27(32(29,30)22-7-5-4-6-8-22)16-24(28)26-18(2)19-9-12-21(31-3)13-10-19/h4-15,18H,16H2,1-3H3,(H,26,28). The third kappa shape index (κ3) is 5.41. The smallest absolute Gasteiger partial charge is 0.264 e. The second kappa shape index (κ2) is 10.1. The summed E-state index contributed by atoms with van der Waals surface area (Å²) in [4.78, 5) is 13.0. The minimum Gasteiger partial charge on any atom is -0.497 e. The Morgan fingerprint density at radius 2 is 1.72 bits per heavy atom. The molecule has 3 aromatic carbocycles. The average Bonchev–Trinajstić information content (AvgIpc) is 2.78. The van der Waals surface area contributed by atoms with Gasteiger partial charge in [-0.2, -0.15) is 0 Å². The first kappa shape index (κ1) is 23.6. The van der Waals surface area contributed by atoms with Gasteiger partial charge in [-0.25, -0.2) is 8.42 Å². The Labute approximate surface area is 193 Å². The Kier molecular flexibility index (Phi) is 7.43. The maximum absolute atomic E-state index is 13.4. The first-order chi connectivity index (χ1) is 15.2. The number of sulfonamides is 1. The summed E-state index contributed by atoms with van der Waals surface area (Å²) in [6.45, 7) is 3.22. The second-order valence-electron chi connectivity index (χ2n) is 7.32. The molecule has 0 fully saturated rings. The van der Waals surface area contributed by atoms with Crippen LogP contribution < -0.4 is 14.4 Å². The van der Waals surface area contributed by atoms with E-state index in [4.69, 9.17) is 16.3 Å². The Bertz CT molecular complexity index is 1180. The predicted molar refractivity (Wildman–Crippen MR) is 127 cm³/mol. The van der Waals surface area contributed by atoms with E-state index in [1.165, 1.54) is 12.1 Å². The summed E-state index contributed by atoms with van der Waals surface area (Å²) in [6.07, 6.45) is 0. The van der Waals surface area contributed by atoms with E-state index < -0.39 is 15.9 Å². The molecule has 0 bridgehead atoms. The van der Waals surface area contributed by atoms with Crippen LogP contribution in [0.25, 0.3) is 0 Å². The van der Waals surface area contributed by atoms with Crippen LogP contribution in [0.5, 0.6) is 5.75 Å². The Balaban J connectivity index is 1.89. The monoisotopic (exact) mass is 472 g/mol. The average molecular weight is 473 g/mol. The molecule has 0 saturated carbocycles. The second-order valence-corrected chi connectivity index (χ2v) is 9.62. The van der Waals surface area contributed by atoms with Crippen molar-refractivity contribution in [1.29, 1.82) is 0 Å². The van der Waals surface area contributed by atoms with Crippen LogP contribution >= 0.6 is 11.6 Å². The summed E-state index contributed by atoms with van der Waals surface area (Å²) in [5.74, 6) is 0.285. The lowest BCUT2D eigenvalue weighted by Gasteiger charge is -2.26. The molecule has 0 radical (unpaired) electrons. The molecule has 6 nitrogen and oxygen atoms in total. The van der Waals surface area contributed by atoms with Crippen LogP contribution in [0.4, 0.5) is 5.69 Å². The van der Waals surface area contributed by atoms with Gasteiger partial charge in [0, 0.05) is 5.02 Å². The van der Waals surface area contributed by atoms with Crippen LogP contribution in [0.15, 0.2) is 77.7 Å². The minimum atomic E-state index is -3.98. The summed E-state index contributed by atoms with van der Waals surface area (Å²) in [6, 6.07) is 19.9. The number of carbonyl (C=O) groups excluding carboxylic acids is 1. The zero-order valence-electron chi connectivity index (χ0n) is 18.1. The number of benzene rings is 3. The number of methoxy groups -OCH3 is 1. The van der Waals surface area contributed by atoms with Crippen molar-refractivity contribution in [3.63, 3.8) is 0 Å². The highest BCUT2D eigenvalue weighted by Crippen LogP contribution is 2.29. The van der Waals surface area contributed by atoms with Gasteiger partial charge in [0.1, 0.15) is 12.3 Å². The van der Waals surface area contributed by atoms with E-state index in [1.807, 2.05) is 19.1 Å². The van der Waals surface area contributed by atoms with Crippen LogP contribution in [0, 0.1) is 6.92 Å². The van der Waals surface area contributed by atoms with Gasteiger partial charge in [0.25, 0.3) is 10.0 Å². The van der Waals surface area contributed by atoms with Gasteiger partial charge in [-0.3, -0.25) is 9.10 Å². The molecule has 1 N–H and O–H groups in total. The molecule has 0 aliphatic heterocycles. The topological polar surface area (TPSA) is 75.7 Å². The lowest BCUT2D eigenvalue weighted by Crippen LogP contribution is -2.41. The normalized spacial score (nSPS) is 12.1. The molecule has 0 spiro atoms. The number of halogens is 1. The van der Waals surface area contributed by atoms with E-state index in [0.717, 1.165) is 9.87 Å². The molecule has 0 saturated heterocycles. The summed E-state index contributed by atoms with van der Waals surface area (Å²) >= 11 is 6.06. The van der Waals surface area contributed by atoms with Gasteiger partial charge in [-0.15, -0.1) is 0 Å². The number of anilines is 1. The molecule has 8 heteroatoms. The maximum atomic E-state index is 13.4. The molecule has 32 heavy (non-hydrogen) atoms. The predicted octanol–water partition coefficient (Wildman–Crippen LogP) is 4.73. The molecule has 3 aromatic rings. The van der Waals surface area contributed by atoms with Crippen LogP contribution in [0.3, 0.4) is 0 Å². The third-order valence-corrected chi connectivity index (χ3v) is 7.05. The maximum Gasteiger partial charge on any atom is 0.264 e. The zero-order valence-corrected chi connectivity index (χ0v) is 19.7. The van der Waals surface area contributed by atoms with Gasteiger partial charge in [0.05, 0.1) is 23.7 Å². The largest absolute Gasteiger partial charge is 0.497 e. The zero-order chi connectivity index (χ0) is 23.3. The summed E-state index contributed by atoms with van der Waals surface area (Å²) < 4.78 is 33.1. The molecule has 1 atom stereocenters. The molecule has 0 aliphatic carbocycles. The number of hydrogen-bond acceptors (Lipinski definition) is 4. The van der Waals surface area contributed by atoms with E-state index in [2.05, 4.69) is 5.32 Å². The molecule has 168 valence electrons. The number of nitrogens with one attached hydrogen (secondary N) is 1. The lowest BCUT2D eigenvalue weighted by atomic mass is 10.1. The Morgan fingerprint density at radius 3 is 2.31 bits per heavy atom. The fourth-order valence-corrected chi connectivity index (χ4v) is 5.04. The van der Waals surface area contributed by atoms with E-state index in [1.54, 1.807) is 62.6 Å². The van der Waals surface area contributed by atoms with Gasteiger partial charge < -0.3 is 10.1 Å². The van der Waals surface area contributed by atoms with E-state index in [9.17, 15) is 13.2 Å². The molecule has 1 amide bonds. The summed E-state index contributed by atoms with van der Waals surface area (Å²) in [7, 11) is -2.40. The first-order valence-corrected chi connectivity index (χ1v) is 11.8. The molecule has 0 aromatic heterocycles. The number of aryl methyl sites for hydroxylation is 1. The minimum absolute atomic E-state index is 0.102. The number of hydrogen-bond donors (Lipinski definition) is 1. The fourth-order valence-electron chi connectivity index (χ4n) is 3.31. The van der Waals surface area contributed by atoms with Crippen LogP contribution in [0.1, 0.15) is 24.1 Å². The highest BCUT2D eigenvalue weighted by molar-refractivity contribution is 7.92. The number of carbonyl (C=O) groups is 1. The number of amides is 1. The van der Waals surface area contributed by atoms with Gasteiger partial charge in [-0.05, 0) is 67.4 Å². The molecular weight excluding hydrogens is 448 g/mol. The SMILES string of the molecule is COc1ccc(C(C)NC(=O)CN(c2ccc(Cl)cc2C)S(=O)(=O)c2ccccc2)cc1. The Hall–Kier alpha value is -3.03. The molecule has 0 aliphatic rings. The van der Waals surface area contributed by atoms with Gasteiger partial charge in [0.2, 0.25) is 5.91 Å². The summed E-state index contributed by atoms with van der Waals surface area (Å²) in [5, 5.41) is 3.36. The van der Waals surface area contributed by atoms with Crippen molar-refractivity contribution in [2.45, 2.75) is 24.8 Å². The van der Waals surface area contributed by atoms with E-state index in [0.29, 0.717) is 22.0 Å². The fraction of sp³-hybridized carbons (Fsp3) is 0.208. The lowest BCUT2D eigenvalue weighted by molar-refractivity contribution is -0.120. The molecule has 3 rings (SSSR count). The van der Waals surface area contributed by atoms with Crippen molar-refractivity contribution >= 4 is 33.2 Å². The van der Waals surface area contributed by atoms with E-state index in [-0.39, 0.29) is 17.5 Å². The van der Waals surface area contributed by atoms with Gasteiger partial charge in [0.15, 0.2) is 0 Å². The quantitative estimate of drug-likeness (QED) is 0.514. The number of rotatable bonds is 8. The number of ether oxygens (including phenoxy) is 1. The van der Waals surface area contributed by atoms with Crippen molar-refractivity contribution in [2.75, 3.05) is 18.0 Å². The van der Waals surface area contributed by atoms with E-state index >= 15 is 0 Å². The van der Waals surface area contributed by atoms with Crippen molar-refractivity contribution in [3.05, 3.63) is 88.9 Å². The number of nitrogens with zero attached hydrogens (tertiary/aromatic N) is 1. The highest BCUT2D eigenvalue weighted by Gasteiger charge is 2.28. The van der Waals surface area contributed by atoms with Gasteiger partial charge >= 0.3 is 0 Å². The van der Waals surface area contributed by atoms with Crippen molar-refractivity contribution in [2.24, 2.45) is 0 Å². The van der Waals surface area contributed by atoms with Crippen molar-refractivity contribution < 1.29 is 17.9 Å². The molecule has 1 unspecified atom stereocenters. The highest BCUT2D eigenvalue weighted by atomic mass is 35.5. The third-order valence-electron chi connectivity index (χ3n) is 5.04. The van der Waals surface area contributed by atoms with Crippen LogP contribution in [-0.4, -0.2) is 28.0 Å². The summed E-state index contributed by atoms with van der Waals surface area (Å²) in [5.41, 5.74) is 1.91. The van der Waals surface area contributed by atoms with Gasteiger partial charge in [-0.1, -0.05) is 41.9 Å². The van der Waals surface area contributed by atoms with Crippen LogP contribution in [0.2, 0.25) is 5.02 Å².